The fourth-order valence-electron chi connectivity index (χ4n) is 3.17. The highest BCUT2D eigenvalue weighted by Crippen LogP contribution is 2.34. The average molecular weight is 422 g/mol. The van der Waals surface area contributed by atoms with E-state index in [2.05, 4.69) is 31.7 Å². The second kappa shape index (κ2) is 9.52. The summed E-state index contributed by atoms with van der Waals surface area (Å²) in [4.78, 5) is 4.93. The first-order valence-electron chi connectivity index (χ1n) is 9.65. The molecule has 0 aromatic carbocycles. The Hall–Kier alpha value is -3.22. The molecule has 1 aliphatic rings. The van der Waals surface area contributed by atoms with Gasteiger partial charge in [0.1, 0.15) is 16.9 Å². The van der Waals surface area contributed by atoms with Gasteiger partial charge in [-0.3, -0.25) is 5.10 Å². The van der Waals surface area contributed by atoms with Gasteiger partial charge >= 0.3 is 0 Å². The summed E-state index contributed by atoms with van der Waals surface area (Å²) in [5, 5.41) is 24.1. The van der Waals surface area contributed by atoms with E-state index in [1.807, 2.05) is 12.3 Å². The largest absolute Gasteiger partial charge is 0.317 e. The van der Waals surface area contributed by atoms with E-state index in [-0.39, 0.29) is 5.82 Å². The lowest BCUT2D eigenvalue weighted by atomic mass is 10.1. The van der Waals surface area contributed by atoms with E-state index in [0.717, 1.165) is 16.0 Å². The van der Waals surface area contributed by atoms with E-state index in [0.29, 0.717) is 16.1 Å². The number of nitrogens with zero attached hydrogens (tertiary/aromatic N) is 5. The highest BCUT2D eigenvalue weighted by Gasteiger charge is 2.14. The maximum absolute atomic E-state index is 13.4. The van der Waals surface area contributed by atoms with Crippen LogP contribution in [0.2, 0.25) is 0 Å². The van der Waals surface area contributed by atoms with Crippen molar-refractivity contribution in [3.63, 3.8) is 0 Å². The Bertz CT molecular complexity index is 1150. The monoisotopic (exact) mass is 421 g/mol. The van der Waals surface area contributed by atoms with Gasteiger partial charge < -0.3 is 5.32 Å². The van der Waals surface area contributed by atoms with Crippen LogP contribution < -0.4 is 5.32 Å². The summed E-state index contributed by atoms with van der Waals surface area (Å²) in [7, 11) is 0. The Kier molecular flexibility index (Phi) is 6.37. The van der Waals surface area contributed by atoms with Gasteiger partial charge in [0.2, 0.25) is 0 Å². The number of pyridine rings is 2. The van der Waals surface area contributed by atoms with Crippen molar-refractivity contribution >= 4 is 17.3 Å². The Morgan fingerprint density at radius 3 is 2.63 bits per heavy atom. The number of H-pyrrole nitrogens is 1. The van der Waals surface area contributed by atoms with Gasteiger partial charge in [0.05, 0.1) is 23.5 Å². The number of halogens is 1. The van der Waals surface area contributed by atoms with Crippen LogP contribution in [0.15, 0.2) is 59.1 Å². The molecule has 0 saturated carbocycles. The van der Waals surface area contributed by atoms with Crippen molar-refractivity contribution in [1.82, 2.24) is 30.1 Å². The standard InChI is InChI=1S/C16H9FN6S.C5H11N/c17-13-1-2-19-15(4-13)24-14-3-10(12-6-20-21-7-12)9-23-16(14)11(5-18)8-22-23;1-2-4-6-5-3-1/h1-4,6-9H,(H,20,21);6H,1-5H2. The normalized spacial score (nSPS) is 13.5. The number of nitrogens with one attached hydrogen (secondary N) is 2. The van der Waals surface area contributed by atoms with Crippen LogP contribution in [0.4, 0.5) is 4.39 Å². The molecule has 2 N–H and O–H groups in total. The van der Waals surface area contributed by atoms with Crippen molar-refractivity contribution in [2.75, 3.05) is 13.1 Å². The van der Waals surface area contributed by atoms with Gasteiger partial charge in [-0.05, 0) is 38.1 Å². The molecule has 9 heteroatoms. The fraction of sp³-hybridized carbons (Fsp3) is 0.238. The Balaban J connectivity index is 0.000000313. The summed E-state index contributed by atoms with van der Waals surface area (Å²) < 4.78 is 15.1. The van der Waals surface area contributed by atoms with Crippen molar-refractivity contribution in [3.8, 4) is 17.2 Å². The molecule has 0 aliphatic carbocycles. The van der Waals surface area contributed by atoms with Crippen LogP contribution in [0.25, 0.3) is 16.6 Å². The molecule has 5 rings (SSSR count). The zero-order chi connectivity index (χ0) is 20.8. The molecule has 0 radical (unpaired) electrons. The minimum atomic E-state index is -0.358. The molecule has 30 heavy (non-hydrogen) atoms. The van der Waals surface area contributed by atoms with Crippen LogP contribution in [0.3, 0.4) is 0 Å². The van der Waals surface area contributed by atoms with Crippen molar-refractivity contribution in [1.29, 1.82) is 5.26 Å². The molecule has 0 spiro atoms. The molecule has 0 atom stereocenters. The van der Waals surface area contributed by atoms with Crippen LogP contribution in [-0.4, -0.2) is 37.9 Å². The highest BCUT2D eigenvalue weighted by molar-refractivity contribution is 7.99. The van der Waals surface area contributed by atoms with Crippen molar-refractivity contribution < 1.29 is 4.39 Å². The van der Waals surface area contributed by atoms with E-state index >= 15 is 0 Å². The summed E-state index contributed by atoms with van der Waals surface area (Å²) in [6.45, 7) is 2.50. The Labute approximate surface area is 177 Å². The summed E-state index contributed by atoms with van der Waals surface area (Å²) in [6, 6.07) is 6.70. The van der Waals surface area contributed by atoms with Gasteiger partial charge in [-0.15, -0.1) is 0 Å². The number of nitriles is 1. The molecular weight excluding hydrogens is 401 g/mol. The lowest BCUT2D eigenvalue weighted by molar-refractivity contribution is 0.520. The lowest BCUT2D eigenvalue weighted by Crippen LogP contribution is -2.21. The SMILES string of the molecule is C1CCNCC1.N#Cc1cnn2cc(-c3cn[nH]c3)cc(Sc3cc(F)ccn3)c12. The maximum Gasteiger partial charge on any atom is 0.127 e. The van der Waals surface area contributed by atoms with Gasteiger partial charge in [-0.25, -0.2) is 13.9 Å². The number of fused-ring (bicyclic) bond motifs is 1. The third-order valence-electron chi connectivity index (χ3n) is 4.65. The number of aromatic amines is 1. The Morgan fingerprint density at radius 2 is 2.00 bits per heavy atom. The fourth-order valence-corrected chi connectivity index (χ4v) is 4.16. The third kappa shape index (κ3) is 4.67. The topological polar surface area (TPSA) is 94.7 Å². The van der Waals surface area contributed by atoms with Crippen molar-refractivity contribution in [2.24, 2.45) is 0 Å². The van der Waals surface area contributed by atoms with Gasteiger partial charge in [0.25, 0.3) is 0 Å². The van der Waals surface area contributed by atoms with Crippen LogP contribution in [0.5, 0.6) is 0 Å². The highest BCUT2D eigenvalue weighted by atomic mass is 32.2. The predicted molar refractivity (Wildman–Crippen MR) is 113 cm³/mol. The van der Waals surface area contributed by atoms with Gasteiger partial charge in [0, 0.05) is 40.7 Å². The van der Waals surface area contributed by atoms with Gasteiger partial charge in [-0.2, -0.15) is 15.5 Å². The van der Waals surface area contributed by atoms with Gasteiger partial charge in [-0.1, -0.05) is 18.2 Å². The average Bonchev–Trinajstić information content (AvgIpc) is 3.45. The van der Waals surface area contributed by atoms with E-state index in [9.17, 15) is 9.65 Å². The smallest absolute Gasteiger partial charge is 0.127 e. The number of rotatable bonds is 3. The van der Waals surface area contributed by atoms with E-state index in [1.54, 1.807) is 16.9 Å². The molecule has 0 bridgehead atoms. The predicted octanol–water partition coefficient (Wildman–Crippen LogP) is 4.04. The summed E-state index contributed by atoms with van der Waals surface area (Å²) >= 11 is 1.28. The zero-order valence-electron chi connectivity index (χ0n) is 16.2. The van der Waals surface area contributed by atoms with E-state index in [4.69, 9.17) is 0 Å². The molecule has 0 unspecified atom stereocenters. The molecule has 0 amide bonds. The molecule has 1 saturated heterocycles. The number of hydrogen-bond acceptors (Lipinski definition) is 6. The molecule has 4 aromatic heterocycles. The van der Waals surface area contributed by atoms with Crippen molar-refractivity contribution in [2.45, 2.75) is 29.2 Å². The van der Waals surface area contributed by atoms with Crippen LogP contribution in [-0.2, 0) is 0 Å². The summed E-state index contributed by atoms with van der Waals surface area (Å²) in [5.74, 6) is -0.358. The van der Waals surface area contributed by atoms with Gasteiger partial charge in [0.15, 0.2) is 0 Å². The molecule has 152 valence electrons. The van der Waals surface area contributed by atoms with Crippen LogP contribution in [0.1, 0.15) is 24.8 Å². The molecule has 1 fully saturated rings. The molecule has 4 aromatic rings. The van der Waals surface area contributed by atoms with Crippen LogP contribution >= 0.6 is 11.8 Å². The number of aromatic nitrogens is 5. The first kappa shape index (κ1) is 20.1. The molecule has 5 heterocycles. The zero-order valence-corrected chi connectivity index (χ0v) is 17.0. The second-order valence-electron chi connectivity index (χ2n) is 6.77. The first-order valence-corrected chi connectivity index (χ1v) is 10.5. The lowest BCUT2D eigenvalue weighted by Gasteiger charge is -2.08. The summed E-state index contributed by atoms with van der Waals surface area (Å²) in [6.07, 6.45) is 12.4. The van der Waals surface area contributed by atoms with Crippen LogP contribution in [0, 0.1) is 17.1 Å². The molecule has 7 nitrogen and oxygen atoms in total. The maximum atomic E-state index is 13.4. The minimum absolute atomic E-state index is 0.358. The third-order valence-corrected chi connectivity index (χ3v) is 5.61. The quantitative estimate of drug-likeness (QED) is 0.518. The molecular formula is C21H20FN7S. The second-order valence-corrected chi connectivity index (χ2v) is 7.83. The van der Waals surface area contributed by atoms with Crippen molar-refractivity contribution in [3.05, 3.63) is 60.6 Å². The van der Waals surface area contributed by atoms with E-state index in [1.165, 1.54) is 68.6 Å². The minimum Gasteiger partial charge on any atom is -0.317 e. The van der Waals surface area contributed by atoms with E-state index < -0.39 is 0 Å². The first-order chi connectivity index (χ1) is 14.7. The Morgan fingerprint density at radius 1 is 1.13 bits per heavy atom. The number of hydrogen-bond donors (Lipinski definition) is 2. The summed E-state index contributed by atoms with van der Waals surface area (Å²) in [5.41, 5.74) is 2.89. The molecule has 1 aliphatic heterocycles. The number of piperidine rings is 1.